The molecule has 0 atom stereocenters. The van der Waals surface area contributed by atoms with E-state index in [0.717, 1.165) is 11.1 Å². The molecule has 0 aliphatic heterocycles. The Kier molecular flexibility index (Phi) is 7.45. The zero-order chi connectivity index (χ0) is 23.9. The van der Waals surface area contributed by atoms with Crippen LogP contribution in [0, 0.1) is 0 Å². The van der Waals surface area contributed by atoms with Crippen LogP contribution in [0.2, 0.25) is 0 Å². The van der Waals surface area contributed by atoms with Crippen molar-refractivity contribution >= 4 is 34.3 Å². The molecule has 0 amide bonds. The third-order valence-electron chi connectivity index (χ3n) is 4.96. The first-order chi connectivity index (χ1) is 16.6. The number of nitrogens with zero attached hydrogens (tertiary/aromatic N) is 5. The SMILES string of the molecule is COCCNC(=S)Nc1ccc2ncc(-c3cnn(Cc4ccc(OC)c(OC)c4)c3)nc2n1. The van der Waals surface area contributed by atoms with Crippen molar-refractivity contribution in [1.82, 2.24) is 30.0 Å². The summed E-state index contributed by atoms with van der Waals surface area (Å²) in [5.74, 6) is 1.95. The van der Waals surface area contributed by atoms with Crippen molar-refractivity contribution in [2.75, 3.05) is 39.8 Å². The number of ether oxygens (including phenoxy) is 3. The van der Waals surface area contributed by atoms with Gasteiger partial charge in [0.2, 0.25) is 0 Å². The van der Waals surface area contributed by atoms with Gasteiger partial charge in [-0.2, -0.15) is 5.10 Å². The Morgan fingerprint density at radius 1 is 1.03 bits per heavy atom. The molecule has 176 valence electrons. The van der Waals surface area contributed by atoms with Gasteiger partial charge in [-0.15, -0.1) is 0 Å². The second-order valence-corrected chi connectivity index (χ2v) is 7.69. The van der Waals surface area contributed by atoms with E-state index < -0.39 is 0 Å². The zero-order valence-electron chi connectivity index (χ0n) is 19.1. The van der Waals surface area contributed by atoms with Crippen LogP contribution in [0.4, 0.5) is 5.82 Å². The lowest BCUT2D eigenvalue weighted by Crippen LogP contribution is -2.31. The molecule has 1 aromatic carbocycles. The van der Waals surface area contributed by atoms with Crippen molar-refractivity contribution in [1.29, 1.82) is 0 Å². The summed E-state index contributed by atoms with van der Waals surface area (Å²) in [5.41, 5.74) is 3.74. The summed E-state index contributed by atoms with van der Waals surface area (Å²) in [4.78, 5) is 13.7. The molecule has 0 bridgehead atoms. The topological polar surface area (TPSA) is 108 Å². The van der Waals surface area contributed by atoms with Gasteiger partial charge in [-0.1, -0.05) is 6.07 Å². The highest BCUT2D eigenvalue weighted by Crippen LogP contribution is 2.28. The van der Waals surface area contributed by atoms with Crippen molar-refractivity contribution in [2.45, 2.75) is 6.54 Å². The molecule has 0 aliphatic rings. The average Bonchev–Trinajstić information content (AvgIpc) is 3.32. The number of benzene rings is 1. The largest absolute Gasteiger partial charge is 0.493 e. The van der Waals surface area contributed by atoms with Gasteiger partial charge >= 0.3 is 0 Å². The van der Waals surface area contributed by atoms with Gasteiger partial charge in [-0.25, -0.2) is 9.97 Å². The Morgan fingerprint density at radius 3 is 2.68 bits per heavy atom. The number of thiocarbonyl (C=S) groups is 1. The van der Waals surface area contributed by atoms with Crippen molar-refractivity contribution < 1.29 is 14.2 Å². The van der Waals surface area contributed by atoms with E-state index in [1.54, 1.807) is 33.7 Å². The van der Waals surface area contributed by atoms with Crippen LogP contribution in [0.5, 0.6) is 11.5 Å². The molecule has 0 unspecified atom stereocenters. The van der Waals surface area contributed by atoms with Gasteiger partial charge in [0, 0.05) is 25.4 Å². The highest BCUT2D eigenvalue weighted by molar-refractivity contribution is 7.80. The quantitative estimate of drug-likeness (QED) is 0.275. The predicted octanol–water partition coefficient (Wildman–Crippen LogP) is 2.89. The van der Waals surface area contributed by atoms with Gasteiger partial charge < -0.3 is 24.8 Å². The summed E-state index contributed by atoms with van der Waals surface area (Å²) in [6.07, 6.45) is 5.39. The Labute approximate surface area is 202 Å². The van der Waals surface area contributed by atoms with E-state index in [9.17, 15) is 0 Å². The maximum atomic E-state index is 5.39. The Morgan fingerprint density at radius 2 is 1.88 bits per heavy atom. The first kappa shape index (κ1) is 23.3. The highest BCUT2D eigenvalue weighted by Gasteiger charge is 2.10. The molecule has 0 spiro atoms. The summed E-state index contributed by atoms with van der Waals surface area (Å²) in [5, 5.41) is 11.0. The minimum atomic E-state index is 0.462. The third-order valence-corrected chi connectivity index (χ3v) is 5.21. The molecule has 0 radical (unpaired) electrons. The highest BCUT2D eigenvalue weighted by atomic mass is 32.1. The number of fused-ring (bicyclic) bond motifs is 1. The molecule has 0 aliphatic carbocycles. The molecule has 0 saturated carbocycles. The second kappa shape index (κ2) is 10.9. The number of pyridine rings is 1. The summed E-state index contributed by atoms with van der Waals surface area (Å²) in [7, 11) is 4.87. The van der Waals surface area contributed by atoms with E-state index >= 15 is 0 Å². The van der Waals surface area contributed by atoms with Crippen LogP contribution in [-0.4, -0.2) is 64.3 Å². The van der Waals surface area contributed by atoms with Gasteiger partial charge in [0.15, 0.2) is 22.3 Å². The minimum Gasteiger partial charge on any atom is -0.493 e. The van der Waals surface area contributed by atoms with Gasteiger partial charge in [0.25, 0.3) is 0 Å². The molecule has 4 rings (SSSR count). The fraction of sp³-hybridized carbons (Fsp3) is 0.261. The predicted molar refractivity (Wildman–Crippen MR) is 133 cm³/mol. The normalized spacial score (nSPS) is 10.8. The van der Waals surface area contributed by atoms with Crippen LogP contribution in [0.15, 0.2) is 48.9 Å². The van der Waals surface area contributed by atoms with Gasteiger partial charge in [-0.05, 0) is 42.0 Å². The van der Waals surface area contributed by atoms with Crippen LogP contribution in [-0.2, 0) is 11.3 Å². The Balaban J connectivity index is 1.50. The number of hydrogen-bond acceptors (Lipinski definition) is 8. The lowest BCUT2D eigenvalue weighted by molar-refractivity contribution is 0.204. The van der Waals surface area contributed by atoms with Crippen molar-refractivity contribution in [3.8, 4) is 22.8 Å². The molecular formula is C23H25N7O3S. The van der Waals surface area contributed by atoms with Crippen molar-refractivity contribution in [3.05, 3.63) is 54.5 Å². The first-order valence-corrected chi connectivity index (χ1v) is 10.9. The third kappa shape index (κ3) is 5.56. The van der Waals surface area contributed by atoms with E-state index in [2.05, 4.69) is 30.7 Å². The van der Waals surface area contributed by atoms with Gasteiger partial charge in [0.1, 0.15) is 11.3 Å². The van der Waals surface area contributed by atoms with E-state index in [0.29, 0.717) is 59.0 Å². The van der Waals surface area contributed by atoms with Crippen LogP contribution in [0.25, 0.3) is 22.4 Å². The Hall–Kier alpha value is -3.83. The zero-order valence-corrected chi connectivity index (χ0v) is 19.9. The lowest BCUT2D eigenvalue weighted by atomic mass is 10.2. The number of hydrogen-bond donors (Lipinski definition) is 2. The standard InChI is InChI=1S/C23H25N7O3S/c1-31-9-8-24-23(34)29-21-7-5-17-22(28-21)27-18(12-25-17)16-11-26-30(14-16)13-15-4-6-19(32-2)20(10-15)33-3/h4-7,10-12,14H,8-9,13H2,1-3H3,(H2,24,27,28,29,34). The second-order valence-electron chi connectivity index (χ2n) is 7.28. The molecule has 3 aromatic heterocycles. The molecule has 0 saturated heterocycles. The van der Waals surface area contributed by atoms with E-state index in [1.807, 2.05) is 41.2 Å². The lowest BCUT2D eigenvalue weighted by Gasteiger charge is -2.10. The summed E-state index contributed by atoms with van der Waals surface area (Å²) in [6.45, 7) is 1.73. The summed E-state index contributed by atoms with van der Waals surface area (Å²) in [6, 6.07) is 9.44. The molecule has 34 heavy (non-hydrogen) atoms. The fourth-order valence-corrected chi connectivity index (χ4v) is 3.49. The van der Waals surface area contributed by atoms with Crippen LogP contribution < -0.4 is 20.1 Å². The number of anilines is 1. The molecule has 2 N–H and O–H groups in total. The van der Waals surface area contributed by atoms with Crippen molar-refractivity contribution in [2.24, 2.45) is 0 Å². The number of aromatic nitrogens is 5. The smallest absolute Gasteiger partial charge is 0.180 e. The molecule has 4 aromatic rings. The van der Waals surface area contributed by atoms with Gasteiger partial charge in [-0.3, -0.25) is 9.67 Å². The molecular weight excluding hydrogens is 454 g/mol. The summed E-state index contributed by atoms with van der Waals surface area (Å²) >= 11 is 5.28. The van der Waals surface area contributed by atoms with Gasteiger partial charge in [0.05, 0.1) is 45.5 Å². The van der Waals surface area contributed by atoms with E-state index in [1.165, 1.54) is 0 Å². The van der Waals surface area contributed by atoms with Crippen LogP contribution >= 0.6 is 12.2 Å². The minimum absolute atomic E-state index is 0.462. The van der Waals surface area contributed by atoms with Crippen molar-refractivity contribution in [3.63, 3.8) is 0 Å². The molecule has 10 nitrogen and oxygen atoms in total. The summed E-state index contributed by atoms with van der Waals surface area (Å²) < 4.78 is 17.5. The molecule has 3 heterocycles. The monoisotopic (exact) mass is 479 g/mol. The fourth-order valence-electron chi connectivity index (χ4n) is 3.28. The number of nitrogens with one attached hydrogen (secondary N) is 2. The van der Waals surface area contributed by atoms with E-state index in [4.69, 9.17) is 26.4 Å². The number of rotatable bonds is 9. The number of methoxy groups -OCH3 is 3. The first-order valence-electron chi connectivity index (χ1n) is 10.5. The van der Waals surface area contributed by atoms with Crippen LogP contribution in [0.1, 0.15) is 5.56 Å². The maximum Gasteiger partial charge on any atom is 0.180 e. The average molecular weight is 480 g/mol. The van der Waals surface area contributed by atoms with E-state index in [-0.39, 0.29) is 0 Å². The Bertz CT molecular complexity index is 1290. The maximum absolute atomic E-state index is 5.39. The molecule has 11 heteroatoms. The van der Waals surface area contributed by atoms with Crippen LogP contribution in [0.3, 0.4) is 0 Å². The molecule has 0 fully saturated rings.